The molecule has 0 spiro atoms. The molecule has 5 heteroatoms. The molecule has 122 valence electrons. The summed E-state index contributed by atoms with van der Waals surface area (Å²) in [5.41, 5.74) is 0.822. The molecule has 1 aliphatic carbocycles. The zero-order valence-corrected chi connectivity index (χ0v) is 14.7. The van der Waals surface area contributed by atoms with Crippen molar-refractivity contribution in [1.29, 1.82) is 0 Å². The Balaban J connectivity index is 2.17. The molecule has 22 heavy (non-hydrogen) atoms. The van der Waals surface area contributed by atoms with E-state index in [4.69, 9.17) is 11.6 Å². The van der Waals surface area contributed by atoms with Crippen molar-refractivity contribution in [1.82, 2.24) is 0 Å². The summed E-state index contributed by atoms with van der Waals surface area (Å²) in [6, 6.07) is 4.88. The first-order valence-corrected chi connectivity index (χ1v) is 10.1. The summed E-state index contributed by atoms with van der Waals surface area (Å²) in [5.74, 6) is 0.653. The van der Waals surface area contributed by atoms with Crippen LogP contribution in [0.25, 0.3) is 0 Å². The van der Waals surface area contributed by atoms with Crippen molar-refractivity contribution in [2.75, 3.05) is 6.26 Å². The van der Waals surface area contributed by atoms with E-state index in [2.05, 4.69) is 0 Å². The number of benzene rings is 1. The lowest BCUT2D eigenvalue weighted by Gasteiger charge is -2.17. The second-order valence-corrected chi connectivity index (χ2v) is 8.74. The molecule has 1 aromatic carbocycles. The van der Waals surface area contributed by atoms with Crippen molar-refractivity contribution in [3.63, 3.8) is 0 Å². The average molecular weight is 343 g/mol. The van der Waals surface area contributed by atoms with E-state index < -0.39 is 9.84 Å². The summed E-state index contributed by atoms with van der Waals surface area (Å²) in [7, 11) is -3.34. The summed E-state index contributed by atoms with van der Waals surface area (Å²) >= 11 is 6.10. The first kappa shape index (κ1) is 17.5. The van der Waals surface area contributed by atoms with Gasteiger partial charge >= 0.3 is 0 Å². The molecule has 0 N–H and O–H groups in total. The van der Waals surface area contributed by atoms with Crippen molar-refractivity contribution < 1.29 is 13.2 Å². The third kappa shape index (κ3) is 4.32. The molecule has 0 saturated heterocycles. The van der Waals surface area contributed by atoms with E-state index >= 15 is 0 Å². The van der Waals surface area contributed by atoms with E-state index in [0.29, 0.717) is 0 Å². The summed E-state index contributed by atoms with van der Waals surface area (Å²) in [6.07, 6.45) is 8.12. The number of rotatable bonds is 6. The Bertz CT molecular complexity index is 646. The fourth-order valence-electron chi connectivity index (χ4n) is 3.34. The number of carbonyl (C=O) groups excluding carboxylic acids is 1. The van der Waals surface area contributed by atoms with Gasteiger partial charge in [0.2, 0.25) is 0 Å². The van der Waals surface area contributed by atoms with Gasteiger partial charge in [-0.05, 0) is 43.4 Å². The molecule has 0 unspecified atom stereocenters. The smallest absolute Gasteiger partial charge is 0.176 e. The average Bonchev–Trinajstić information content (AvgIpc) is 2.90. The fraction of sp³-hybridized carbons (Fsp3) is 0.588. The van der Waals surface area contributed by atoms with Gasteiger partial charge in [0.25, 0.3) is 0 Å². The fourth-order valence-corrected chi connectivity index (χ4v) is 4.68. The third-order valence-corrected chi connectivity index (χ3v) is 6.17. The predicted molar refractivity (Wildman–Crippen MR) is 89.2 cm³/mol. The zero-order chi connectivity index (χ0) is 16.3. The maximum absolute atomic E-state index is 12.0. The van der Waals surface area contributed by atoms with Gasteiger partial charge in [-0.3, -0.25) is 4.79 Å². The monoisotopic (exact) mass is 342 g/mol. The standard InChI is InChI=1S/C17H23ClO3S/c1-12(19)15(9-7-13-5-3-4-6-13)14-8-10-17(16(18)11-14)22(2,20)21/h8,10-11,13,15H,3-7,9H2,1-2H3/t15-/m0/s1. The molecular weight excluding hydrogens is 320 g/mol. The van der Waals surface area contributed by atoms with Crippen LogP contribution in [0.2, 0.25) is 5.02 Å². The highest BCUT2D eigenvalue weighted by Gasteiger charge is 2.22. The molecule has 0 aliphatic heterocycles. The zero-order valence-electron chi connectivity index (χ0n) is 13.1. The number of carbonyl (C=O) groups is 1. The van der Waals surface area contributed by atoms with Crippen molar-refractivity contribution in [2.45, 2.75) is 56.3 Å². The quantitative estimate of drug-likeness (QED) is 0.770. The van der Waals surface area contributed by atoms with Gasteiger partial charge in [-0.1, -0.05) is 43.4 Å². The Hall–Kier alpha value is -0.870. The summed E-state index contributed by atoms with van der Waals surface area (Å²) in [6.45, 7) is 1.59. The minimum Gasteiger partial charge on any atom is -0.299 e. The normalized spacial score (nSPS) is 17.6. The minimum atomic E-state index is -3.34. The molecule has 3 nitrogen and oxygen atoms in total. The number of hydrogen-bond acceptors (Lipinski definition) is 3. The van der Waals surface area contributed by atoms with Crippen LogP contribution in [-0.2, 0) is 14.6 Å². The Kier molecular flexibility index (Phi) is 5.67. The van der Waals surface area contributed by atoms with E-state index in [9.17, 15) is 13.2 Å². The lowest BCUT2D eigenvalue weighted by atomic mass is 9.87. The van der Waals surface area contributed by atoms with Gasteiger partial charge in [0, 0.05) is 12.2 Å². The highest BCUT2D eigenvalue weighted by Crippen LogP contribution is 2.34. The van der Waals surface area contributed by atoms with Crippen LogP contribution in [-0.4, -0.2) is 20.5 Å². The number of sulfone groups is 1. The van der Waals surface area contributed by atoms with Crippen LogP contribution in [0.1, 0.15) is 56.9 Å². The first-order valence-electron chi connectivity index (χ1n) is 7.79. The molecule has 0 heterocycles. The number of ketones is 1. The van der Waals surface area contributed by atoms with Crippen molar-refractivity contribution in [2.24, 2.45) is 5.92 Å². The van der Waals surface area contributed by atoms with Crippen LogP contribution >= 0.6 is 11.6 Å². The van der Waals surface area contributed by atoms with Crippen molar-refractivity contribution in [3.05, 3.63) is 28.8 Å². The number of hydrogen-bond donors (Lipinski definition) is 0. The van der Waals surface area contributed by atoms with Crippen LogP contribution in [0.3, 0.4) is 0 Å². The molecule has 1 aliphatic rings. The molecule has 1 fully saturated rings. The number of halogens is 1. The van der Waals surface area contributed by atoms with Crippen LogP contribution < -0.4 is 0 Å². The Morgan fingerprint density at radius 1 is 1.32 bits per heavy atom. The van der Waals surface area contributed by atoms with E-state index in [1.54, 1.807) is 19.1 Å². The van der Waals surface area contributed by atoms with Gasteiger partial charge in [-0.2, -0.15) is 0 Å². The van der Waals surface area contributed by atoms with Gasteiger partial charge in [0.1, 0.15) is 5.78 Å². The lowest BCUT2D eigenvalue weighted by Crippen LogP contribution is -2.11. The molecule has 0 bridgehead atoms. The molecule has 1 aromatic rings. The first-order chi connectivity index (χ1) is 10.3. The molecular formula is C17H23ClO3S. The van der Waals surface area contributed by atoms with Gasteiger partial charge in [-0.25, -0.2) is 8.42 Å². The van der Waals surface area contributed by atoms with E-state index in [0.717, 1.165) is 30.6 Å². The summed E-state index contributed by atoms with van der Waals surface area (Å²) in [4.78, 5) is 12.1. The van der Waals surface area contributed by atoms with Gasteiger partial charge in [-0.15, -0.1) is 0 Å². The highest BCUT2D eigenvalue weighted by atomic mass is 35.5. The number of Topliss-reactive ketones (excluding diaryl/α,β-unsaturated/α-hetero) is 1. The van der Waals surface area contributed by atoms with Gasteiger partial charge < -0.3 is 0 Å². The molecule has 1 saturated carbocycles. The highest BCUT2D eigenvalue weighted by molar-refractivity contribution is 7.90. The van der Waals surface area contributed by atoms with Crippen LogP contribution in [0, 0.1) is 5.92 Å². The minimum absolute atomic E-state index is 0.112. The molecule has 1 atom stereocenters. The van der Waals surface area contributed by atoms with Crippen molar-refractivity contribution in [3.8, 4) is 0 Å². The Labute approximate surface area is 138 Å². The molecule has 0 amide bonds. The Morgan fingerprint density at radius 3 is 2.45 bits per heavy atom. The Morgan fingerprint density at radius 2 is 1.95 bits per heavy atom. The third-order valence-electron chi connectivity index (χ3n) is 4.59. The SMILES string of the molecule is CC(=O)[C@H](CCC1CCCC1)c1ccc(S(C)(=O)=O)c(Cl)c1. The van der Waals surface area contributed by atoms with E-state index in [1.165, 1.54) is 31.7 Å². The maximum atomic E-state index is 12.0. The van der Waals surface area contributed by atoms with Crippen molar-refractivity contribution >= 4 is 27.2 Å². The van der Waals surface area contributed by atoms with Crippen LogP contribution in [0.4, 0.5) is 0 Å². The van der Waals surface area contributed by atoms with E-state index in [1.807, 2.05) is 0 Å². The maximum Gasteiger partial charge on any atom is 0.176 e. The lowest BCUT2D eigenvalue weighted by molar-refractivity contribution is -0.118. The topological polar surface area (TPSA) is 51.2 Å². The predicted octanol–water partition coefficient (Wildman–Crippen LogP) is 4.39. The van der Waals surface area contributed by atoms with Crippen LogP contribution in [0.5, 0.6) is 0 Å². The van der Waals surface area contributed by atoms with Gasteiger partial charge in [0.05, 0.1) is 9.92 Å². The molecule has 2 rings (SSSR count). The summed E-state index contributed by atoms with van der Waals surface area (Å²) in [5, 5.41) is 0.201. The second-order valence-electron chi connectivity index (χ2n) is 6.35. The van der Waals surface area contributed by atoms with E-state index in [-0.39, 0.29) is 21.6 Å². The van der Waals surface area contributed by atoms with Gasteiger partial charge in [0.15, 0.2) is 9.84 Å². The van der Waals surface area contributed by atoms with Crippen LogP contribution in [0.15, 0.2) is 23.1 Å². The molecule has 0 aromatic heterocycles. The summed E-state index contributed by atoms with van der Waals surface area (Å²) < 4.78 is 23.2. The second kappa shape index (κ2) is 7.14. The largest absolute Gasteiger partial charge is 0.299 e. The molecule has 0 radical (unpaired) electrons.